The molecule has 5 nitrogen and oxygen atoms in total. The zero-order valence-electron chi connectivity index (χ0n) is 10.7. The van der Waals surface area contributed by atoms with Crippen molar-refractivity contribution in [2.75, 3.05) is 30.9 Å². The van der Waals surface area contributed by atoms with Gasteiger partial charge in [-0.15, -0.1) is 0 Å². The summed E-state index contributed by atoms with van der Waals surface area (Å²) in [5.74, 6) is 0. The molecule has 0 saturated heterocycles. The Morgan fingerprint density at radius 2 is 1.82 bits per heavy atom. The van der Waals surface area contributed by atoms with Crippen LogP contribution in [0.15, 0.2) is 24.3 Å². The fourth-order valence-electron chi connectivity index (χ4n) is 1.26. The smallest absolute Gasteiger partial charge is 0.233 e. The highest BCUT2D eigenvalue weighted by Gasteiger charge is 2.30. The van der Waals surface area contributed by atoms with Crippen LogP contribution in [0.4, 0.5) is 11.4 Å². The van der Waals surface area contributed by atoms with E-state index in [1.165, 1.54) is 0 Å². The Balaban J connectivity index is 2.62. The van der Waals surface area contributed by atoms with E-state index in [1.807, 2.05) is 43.3 Å². The van der Waals surface area contributed by atoms with E-state index in [0.29, 0.717) is 6.54 Å². The minimum Gasteiger partial charge on any atom is -0.378 e. The molecular formula is C12H19N3O2. The first-order valence-electron chi connectivity index (χ1n) is 5.49. The van der Waals surface area contributed by atoms with Crippen LogP contribution in [0, 0.1) is 10.1 Å². The summed E-state index contributed by atoms with van der Waals surface area (Å²) in [5, 5.41) is 13.8. The molecule has 0 spiro atoms. The number of nitrogens with zero attached hydrogens (tertiary/aromatic N) is 2. The molecule has 0 heterocycles. The van der Waals surface area contributed by atoms with Crippen LogP contribution in [0.3, 0.4) is 0 Å². The van der Waals surface area contributed by atoms with Crippen LogP contribution in [0.1, 0.15) is 13.8 Å². The molecule has 0 aliphatic heterocycles. The molecule has 1 aromatic rings. The van der Waals surface area contributed by atoms with Crippen LogP contribution in [0.2, 0.25) is 0 Å². The number of anilines is 2. The van der Waals surface area contributed by atoms with Gasteiger partial charge in [-0.1, -0.05) is 0 Å². The van der Waals surface area contributed by atoms with E-state index in [2.05, 4.69) is 5.32 Å². The van der Waals surface area contributed by atoms with Gasteiger partial charge in [0.1, 0.15) is 0 Å². The van der Waals surface area contributed by atoms with Crippen molar-refractivity contribution in [2.24, 2.45) is 0 Å². The van der Waals surface area contributed by atoms with Crippen molar-refractivity contribution in [3.05, 3.63) is 34.4 Å². The summed E-state index contributed by atoms with van der Waals surface area (Å²) >= 11 is 0. The molecule has 0 aliphatic rings. The Labute approximate surface area is 102 Å². The highest BCUT2D eigenvalue weighted by atomic mass is 16.6. The van der Waals surface area contributed by atoms with Gasteiger partial charge in [0.2, 0.25) is 5.54 Å². The van der Waals surface area contributed by atoms with E-state index in [4.69, 9.17) is 0 Å². The number of benzene rings is 1. The molecule has 0 fully saturated rings. The van der Waals surface area contributed by atoms with Crippen molar-refractivity contribution < 1.29 is 4.92 Å². The van der Waals surface area contributed by atoms with Gasteiger partial charge in [0.15, 0.2) is 0 Å². The lowest BCUT2D eigenvalue weighted by molar-refractivity contribution is -0.556. The maximum Gasteiger partial charge on any atom is 0.233 e. The van der Waals surface area contributed by atoms with E-state index in [9.17, 15) is 10.1 Å². The first-order chi connectivity index (χ1) is 7.83. The number of rotatable bonds is 5. The van der Waals surface area contributed by atoms with Crippen LogP contribution in [0.25, 0.3) is 0 Å². The first-order valence-corrected chi connectivity index (χ1v) is 5.49. The molecule has 1 N–H and O–H groups in total. The Morgan fingerprint density at radius 3 is 2.24 bits per heavy atom. The number of hydrogen-bond acceptors (Lipinski definition) is 4. The topological polar surface area (TPSA) is 58.4 Å². The molecule has 0 aliphatic carbocycles. The lowest BCUT2D eigenvalue weighted by Gasteiger charge is -2.18. The highest BCUT2D eigenvalue weighted by Crippen LogP contribution is 2.17. The van der Waals surface area contributed by atoms with Crippen molar-refractivity contribution in [2.45, 2.75) is 19.4 Å². The average molecular weight is 237 g/mol. The molecule has 5 heteroatoms. The lowest BCUT2D eigenvalue weighted by Crippen LogP contribution is -2.38. The van der Waals surface area contributed by atoms with Gasteiger partial charge in [0.05, 0.1) is 6.54 Å². The summed E-state index contributed by atoms with van der Waals surface area (Å²) in [6, 6.07) is 7.79. The monoisotopic (exact) mass is 237 g/mol. The van der Waals surface area contributed by atoms with Gasteiger partial charge in [-0.2, -0.15) is 0 Å². The minimum atomic E-state index is -0.958. The van der Waals surface area contributed by atoms with Gasteiger partial charge in [0.25, 0.3) is 0 Å². The van der Waals surface area contributed by atoms with Gasteiger partial charge in [-0.05, 0) is 24.3 Å². The van der Waals surface area contributed by atoms with Crippen LogP contribution < -0.4 is 10.2 Å². The van der Waals surface area contributed by atoms with Gasteiger partial charge < -0.3 is 10.2 Å². The number of hydrogen-bond donors (Lipinski definition) is 1. The lowest BCUT2D eigenvalue weighted by atomic mass is 10.1. The fourth-order valence-corrected chi connectivity index (χ4v) is 1.26. The van der Waals surface area contributed by atoms with Crippen molar-refractivity contribution in [3.8, 4) is 0 Å². The highest BCUT2D eigenvalue weighted by molar-refractivity contribution is 5.54. The summed E-state index contributed by atoms with van der Waals surface area (Å²) < 4.78 is 0. The molecule has 0 atom stereocenters. The van der Waals surface area contributed by atoms with Crippen LogP contribution in [0.5, 0.6) is 0 Å². The van der Waals surface area contributed by atoms with E-state index in [1.54, 1.807) is 13.8 Å². The quantitative estimate of drug-likeness (QED) is 0.630. The predicted octanol–water partition coefficient (Wildman–Crippen LogP) is 2.22. The van der Waals surface area contributed by atoms with Gasteiger partial charge in [0, 0.05) is 44.2 Å². The largest absolute Gasteiger partial charge is 0.378 e. The second kappa shape index (κ2) is 5.03. The fraction of sp³-hybridized carbons (Fsp3) is 0.500. The summed E-state index contributed by atoms with van der Waals surface area (Å²) in [6.07, 6.45) is 0. The van der Waals surface area contributed by atoms with Crippen LogP contribution >= 0.6 is 0 Å². The molecule has 0 radical (unpaired) electrons. The van der Waals surface area contributed by atoms with Crippen LogP contribution in [-0.2, 0) is 0 Å². The maximum absolute atomic E-state index is 10.7. The standard InChI is InChI=1S/C12H19N3O2/c1-12(2,15(16)17)9-13-10-5-7-11(8-6-10)14(3)4/h5-8,13H,9H2,1-4H3. The summed E-state index contributed by atoms with van der Waals surface area (Å²) in [7, 11) is 3.94. The average Bonchev–Trinajstić information content (AvgIpc) is 2.27. The van der Waals surface area contributed by atoms with Crippen molar-refractivity contribution in [3.63, 3.8) is 0 Å². The third-order valence-corrected chi connectivity index (χ3v) is 2.60. The van der Waals surface area contributed by atoms with Gasteiger partial charge in [-0.25, -0.2) is 0 Å². The molecule has 17 heavy (non-hydrogen) atoms. The molecule has 0 aromatic heterocycles. The van der Waals surface area contributed by atoms with E-state index in [-0.39, 0.29) is 4.92 Å². The SMILES string of the molecule is CN(C)c1ccc(NCC(C)(C)[N+](=O)[O-])cc1. The van der Waals surface area contributed by atoms with Crippen molar-refractivity contribution >= 4 is 11.4 Å². The summed E-state index contributed by atoms with van der Waals surface area (Å²) in [5.41, 5.74) is 1.04. The first kappa shape index (κ1) is 13.3. The molecule has 0 saturated carbocycles. The number of nitro groups is 1. The maximum atomic E-state index is 10.7. The Bertz CT molecular complexity index is 385. The third-order valence-electron chi connectivity index (χ3n) is 2.60. The Kier molecular flexibility index (Phi) is 3.93. The number of nitrogens with one attached hydrogen (secondary N) is 1. The predicted molar refractivity (Wildman–Crippen MR) is 70.3 cm³/mol. The molecule has 0 bridgehead atoms. The summed E-state index contributed by atoms with van der Waals surface area (Å²) in [4.78, 5) is 12.5. The Hall–Kier alpha value is -1.78. The molecule has 94 valence electrons. The zero-order valence-corrected chi connectivity index (χ0v) is 10.7. The Morgan fingerprint density at radius 1 is 1.29 bits per heavy atom. The molecular weight excluding hydrogens is 218 g/mol. The summed E-state index contributed by atoms with van der Waals surface area (Å²) in [6.45, 7) is 3.52. The van der Waals surface area contributed by atoms with E-state index in [0.717, 1.165) is 11.4 Å². The van der Waals surface area contributed by atoms with Crippen molar-refractivity contribution in [1.82, 2.24) is 0 Å². The molecule has 0 amide bonds. The van der Waals surface area contributed by atoms with Crippen LogP contribution in [-0.4, -0.2) is 31.1 Å². The second-order valence-corrected chi connectivity index (χ2v) is 4.86. The normalized spacial score (nSPS) is 11.1. The van der Waals surface area contributed by atoms with Gasteiger partial charge >= 0.3 is 0 Å². The molecule has 1 aromatic carbocycles. The second-order valence-electron chi connectivity index (χ2n) is 4.86. The molecule has 1 rings (SSSR count). The van der Waals surface area contributed by atoms with E-state index >= 15 is 0 Å². The minimum absolute atomic E-state index is 0.270. The van der Waals surface area contributed by atoms with Gasteiger partial charge in [-0.3, -0.25) is 10.1 Å². The molecule has 0 unspecified atom stereocenters. The third kappa shape index (κ3) is 3.62. The zero-order chi connectivity index (χ0) is 13.1. The van der Waals surface area contributed by atoms with Crippen molar-refractivity contribution in [1.29, 1.82) is 0 Å². The van der Waals surface area contributed by atoms with E-state index < -0.39 is 5.54 Å².